The number of carbonyl (C=O) groups excluding carboxylic acids is 2. The summed E-state index contributed by atoms with van der Waals surface area (Å²) in [4.78, 5) is 29.0. The first-order valence-corrected chi connectivity index (χ1v) is 9.69. The predicted molar refractivity (Wildman–Crippen MR) is 103 cm³/mol. The third kappa shape index (κ3) is 5.06. The van der Waals surface area contributed by atoms with E-state index < -0.39 is 0 Å². The minimum atomic E-state index is -0.0144. The van der Waals surface area contributed by atoms with Gasteiger partial charge in [0.15, 0.2) is 12.4 Å². The van der Waals surface area contributed by atoms with Crippen molar-refractivity contribution in [2.24, 2.45) is 0 Å². The molecular weight excluding hydrogens is 372 g/mol. The first kappa shape index (κ1) is 18.9. The quantitative estimate of drug-likeness (QED) is 0.707. The van der Waals surface area contributed by atoms with E-state index in [4.69, 9.17) is 16.3 Å². The van der Waals surface area contributed by atoms with Crippen molar-refractivity contribution >= 4 is 34.6 Å². The highest BCUT2D eigenvalue weighted by molar-refractivity contribution is 7.16. The number of thiophene rings is 1. The maximum Gasteiger partial charge on any atom is 0.260 e. The molecule has 1 aliphatic rings. The van der Waals surface area contributed by atoms with E-state index >= 15 is 0 Å². The van der Waals surface area contributed by atoms with Gasteiger partial charge in [0.2, 0.25) is 0 Å². The van der Waals surface area contributed by atoms with Crippen molar-refractivity contribution in [1.29, 1.82) is 0 Å². The molecule has 5 nitrogen and oxygen atoms in total. The summed E-state index contributed by atoms with van der Waals surface area (Å²) in [7, 11) is 0. The van der Waals surface area contributed by atoms with Crippen molar-refractivity contribution in [3.05, 3.63) is 51.2 Å². The summed E-state index contributed by atoms with van der Waals surface area (Å²) >= 11 is 7.57. The Bertz CT molecular complexity index is 767. The lowest BCUT2D eigenvalue weighted by Crippen LogP contribution is -2.49. The van der Waals surface area contributed by atoms with Gasteiger partial charge in [-0.25, -0.2) is 0 Å². The van der Waals surface area contributed by atoms with Crippen molar-refractivity contribution in [2.45, 2.75) is 13.5 Å². The van der Waals surface area contributed by atoms with Gasteiger partial charge in [0, 0.05) is 43.2 Å². The Morgan fingerprint density at radius 2 is 1.77 bits per heavy atom. The molecule has 3 rings (SSSR count). The summed E-state index contributed by atoms with van der Waals surface area (Å²) in [5.41, 5.74) is 0.631. The number of benzene rings is 1. The Kier molecular flexibility index (Phi) is 6.29. The van der Waals surface area contributed by atoms with Crippen LogP contribution in [-0.4, -0.2) is 54.3 Å². The molecule has 1 saturated heterocycles. The maximum atomic E-state index is 12.3. The Balaban J connectivity index is 1.42. The van der Waals surface area contributed by atoms with Gasteiger partial charge in [-0.1, -0.05) is 11.6 Å². The van der Waals surface area contributed by atoms with Crippen molar-refractivity contribution in [3.8, 4) is 5.75 Å². The highest BCUT2D eigenvalue weighted by Gasteiger charge is 2.21. The lowest BCUT2D eigenvalue weighted by atomic mass is 10.1. The Labute approximate surface area is 162 Å². The third-order valence-corrected chi connectivity index (χ3v) is 5.57. The lowest BCUT2D eigenvalue weighted by Gasteiger charge is -2.34. The molecule has 1 aromatic carbocycles. The SMILES string of the molecule is CC(=O)c1ccc(OCC(=O)N2CCN(Cc3ccc(Cl)s3)CC2)cc1. The summed E-state index contributed by atoms with van der Waals surface area (Å²) in [5.74, 6) is 0.589. The van der Waals surface area contributed by atoms with Crippen molar-refractivity contribution in [1.82, 2.24) is 9.80 Å². The molecule has 1 aromatic heterocycles. The van der Waals surface area contributed by atoms with Gasteiger partial charge < -0.3 is 9.64 Å². The average molecular weight is 393 g/mol. The molecule has 1 aliphatic heterocycles. The largest absolute Gasteiger partial charge is 0.484 e. The van der Waals surface area contributed by atoms with Crippen LogP contribution in [0.5, 0.6) is 5.75 Å². The second-order valence-electron chi connectivity index (χ2n) is 6.23. The molecule has 138 valence electrons. The van der Waals surface area contributed by atoms with Crippen LogP contribution in [-0.2, 0) is 11.3 Å². The van der Waals surface area contributed by atoms with E-state index in [9.17, 15) is 9.59 Å². The zero-order valence-corrected chi connectivity index (χ0v) is 16.2. The summed E-state index contributed by atoms with van der Waals surface area (Å²) < 4.78 is 6.36. The highest BCUT2D eigenvalue weighted by Crippen LogP contribution is 2.23. The second-order valence-corrected chi connectivity index (χ2v) is 8.03. The Morgan fingerprint density at radius 1 is 1.08 bits per heavy atom. The molecule has 0 spiro atoms. The minimum Gasteiger partial charge on any atom is -0.484 e. The van der Waals surface area contributed by atoms with Gasteiger partial charge in [0.25, 0.3) is 5.91 Å². The monoisotopic (exact) mass is 392 g/mol. The molecule has 1 amide bonds. The van der Waals surface area contributed by atoms with E-state index in [1.807, 2.05) is 11.0 Å². The van der Waals surface area contributed by atoms with Gasteiger partial charge in [-0.05, 0) is 43.3 Å². The summed E-state index contributed by atoms with van der Waals surface area (Å²) in [6, 6.07) is 10.8. The van der Waals surface area contributed by atoms with Gasteiger partial charge in [-0.2, -0.15) is 0 Å². The van der Waals surface area contributed by atoms with Crippen molar-refractivity contribution in [3.63, 3.8) is 0 Å². The molecule has 7 heteroatoms. The maximum absolute atomic E-state index is 12.3. The van der Waals surface area contributed by atoms with Gasteiger partial charge >= 0.3 is 0 Å². The van der Waals surface area contributed by atoms with Gasteiger partial charge in [-0.3, -0.25) is 14.5 Å². The molecule has 26 heavy (non-hydrogen) atoms. The molecule has 0 aliphatic carbocycles. The van der Waals surface area contributed by atoms with E-state index in [2.05, 4.69) is 11.0 Å². The fraction of sp³-hybridized carbons (Fsp3) is 0.368. The summed E-state index contributed by atoms with van der Waals surface area (Å²) in [6.07, 6.45) is 0. The van der Waals surface area contributed by atoms with Gasteiger partial charge in [0.1, 0.15) is 5.75 Å². The van der Waals surface area contributed by atoms with Crippen LogP contribution in [0.1, 0.15) is 22.2 Å². The van der Waals surface area contributed by atoms with Crippen LogP contribution in [0, 0.1) is 0 Å². The van der Waals surface area contributed by atoms with Crippen LogP contribution < -0.4 is 4.74 Å². The molecule has 0 radical (unpaired) electrons. The van der Waals surface area contributed by atoms with E-state index in [0.717, 1.165) is 24.0 Å². The molecule has 0 saturated carbocycles. The number of hydrogen-bond donors (Lipinski definition) is 0. The smallest absolute Gasteiger partial charge is 0.260 e. The van der Waals surface area contributed by atoms with Crippen LogP contribution in [0.4, 0.5) is 0 Å². The second kappa shape index (κ2) is 8.66. The van der Waals surface area contributed by atoms with Crippen molar-refractivity contribution in [2.75, 3.05) is 32.8 Å². The van der Waals surface area contributed by atoms with E-state index in [-0.39, 0.29) is 18.3 Å². The molecule has 2 heterocycles. The number of amides is 1. The first-order valence-electron chi connectivity index (χ1n) is 8.49. The fourth-order valence-corrected chi connectivity index (χ4v) is 3.96. The molecular formula is C19H21ClN2O3S. The zero-order valence-electron chi connectivity index (χ0n) is 14.6. The fourth-order valence-electron chi connectivity index (χ4n) is 2.83. The van der Waals surface area contributed by atoms with Crippen LogP contribution in [0.2, 0.25) is 4.34 Å². The Morgan fingerprint density at radius 3 is 2.35 bits per heavy atom. The van der Waals surface area contributed by atoms with Crippen molar-refractivity contribution < 1.29 is 14.3 Å². The number of nitrogens with zero attached hydrogens (tertiary/aromatic N) is 2. The number of Topliss-reactive ketones (excluding diaryl/α,β-unsaturated/α-hetero) is 1. The number of rotatable bonds is 6. The van der Waals surface area contributed by atoms with Crippen LogP contribution in [0.15, 0.2) is 36.4 Å². The van der Waals surface area contributed by atoms with Crippen LogP contribution in [0.3, 0.4) is 0 Å². The Hall–Kier alpha value is -1.89. The number of hydrogen-bond acceptors (Lipinski definition) is 5. The van der Waals surface area contributed by atoms with Gasteiger partial charge in [0.05, 0.1) is 4.34 Å². The minimum absolute atomic E-state index is 0.00955. The predicted octanol–water partition coefficient (Wildman–Crippen LogP) is 3.33. The molecule has 0 atom stereocenters. The zero-order chi connectivity index (χ0) is 18.5. The standard InChI is InChI=1S/C19H21ClN2O3S/c1-14(23)15-2-4-16(5-3-15)25-13-19(24)22-10-8-21(9-11-22)12-17-6-7-18(20)26-17/h2-7H,8-13H2,1H3. The normalized spacial score (nSPS) is 15.1. The molecule has 0 N–H and O–H groups in total. The van der Waals surface area contributed by atoms with E-state index in [1.54, 1.807) is 35.6 Å². The summed E-state index contributed by atoms with van der Waals surface area (Å²) in [5, 5.41) is 0. The molecule has 0 unspecified atom stereocenters. The van der Waals surface area contributed by atoms with Crippen LogP contribution >= 0.6 is 22.9 Å². The number of piperazine rings is 1. The van der Waals surface area contributed by atoms with E-state index in [0.29, 0.717) is 24.4 Å². The molecule has 1 fully saturated rings. The number of halogens is 1. The average Bonchev–Trinajstić information content (AvgIpc) is 3.05. The number of carbonyl (C=O) groups is 2. The third-order valence-electron chi connectivity index (χ3n) is 4.36. The topological polar surface area (TPSA) is 49.9 Å². The lowest BCUT2D eigenvalue weighted by molar-refractivity contribution is -0.135. The molecule has 2 aromatic rings. The molecule has 0 bridgehead atoms. The number of ketones is 1. The van der Waals surface area contributed by atoms with Gasteiger partial charge in [-0.15, -0.1) is 11.3 Å². The first-order chi connectivity index (χ1) is 12.5. The van der Waals surface area contributed by atoms with Crippen LogP contribution in [0.25, 0.3) is 0 Å². The highest BCUT2D eigenvalue weighted by atomic mass is 35.5. The summed E-state index contributed by atoms with van der Waals surface area (Å²) in [6.45, 7) is 5.49. The van der Waals surface area contributed by atoms with E-state index in [1.165, 1.54) is 11.8 Å². The number of ether oxygens (including phenoxy) is 1.